The molecular weight excluding hydrogens is 310 g/mol. The van der Waals surface area contributed by atoms with Crippen molar-refractivity contribution in [3.05, 3.63) is 28.2 Å². The van der Waals surface area contributed by atoms with Crippen LogP contribution in [0.4, 0.5) is 19.3 Å². The Labute approximate surface area is 112 Å². The number of hydrogen-bond acceptors (Lipinski definition) is 2. The summed E-state index contributed by atoms with van der Waals surface area (Å²) in [6, 6.07) is 0.922. The van der Waals surface area contributed by atoms with Gasteiger partial charge in [0.25, 0.3) is 0 Å². The Kier molecular flexibility index (Phi) is 5.49. The molecule has 7 heteroatoms. The fraction of sp³-hybridized carbons (Fsp3) is 0.364. The first-order valence-corrected chi connectivity index (χ1v) is 6.06. The molecule has 1 aromatic rings. The Hall–Kier alpha value is -1.21. The Morgan fingerprint density at radius 3 is 2.78 bits per heavy atom. The molecule has 0 bridgehead atoms. The number of carbonyl (C=O) groups is 1. The van der Waals surface area contributed by atoms with Gasteiger partial charge in [0, 0.05) is 18.7 Å². The van der Waals surface area contributed by atoms with Crippen molar-refractivity contribution in [1.82, 2.24) is 5.32 Å². The van der Waals surface area contributed by atoms with Crippen molar-refractivity contribution < 1.29 is 18.7 Å². The average Bonchev–Trinajstić information content (AvgIpc) is 2.25. The summed E-state index contributed by atoms with van der Waals surface area (Å²) in [5.41, 5.74) is -0.254. The molecule has 0 heterocycles. The molecule has 0 aliphatic rings. The third-order valence-corrected chi connectivity index (χ3v) is 2.76. The minimum absolute atomic E-state index is 0.0681. The van der Waals surface area contributed by atoms with E-state index in [0.717, 1.165) is 12.1 Å². The molecule has 3 N–H and O–H groups in total. The van der Waals surface area contributed by atoms with Gasteiger partial charge in [0.2, 0.25) is 0 Å². The zero-order valence-corrected chi connectivity index (χ0v) is 11.2. The third kappa shape index (κ3) is 4.23. The van der Waals surface area contributed by atoms with Gasteiger partial charge in [-0.25, -0.2) is 13.6 Å². The van der Waals surface area contributed by atoms with Gasteiger partial charge in [-0.1, -0.05) is 0 Å². The SMILES string of the molecule is C[C@@H](CCO)NC(=O)Nc1cc(F)cc(Br)c1F. The maximum Gasteiger partial charge on any atom is 0.319 e. The van der Waals surface area contributed by atoms with Crippen molar-refractivity contribution in [1.29, 1.82) is 0 Å². The number of hydrogen-bond donors (Lipinski definition) is 3. The fourth-order valence-corrected chi connectivity index (χ4v) is 1.73. The summed E-state index contributed by atoms with van der Waals surface area (Å²) in [7, 11) is 0. The minimum Gasteiger partial charge on any atom is -0.396 e. The van der Waals surface area contributed by atoms with Crippen LogP contribution in [0.5, 0.6) is 0 Å². The number of aliphatic hydroxyl groups is 1. The maximum absolute atomic E-state index is 13.5. The smallest absolute Gasteiger partial charge is 0.319 e. The molecule has 4 nitrogen and oxygen atoms in total. The third-order valence-electron chi connectivity index (χ3n) is 2.18. The molecule has 0 aliphatic heterocycles. The van der Waals surface area contributed by atoms with E-state index in [1.165, 1.54) is 0 Å². The summed E-state index contributed by atoms with van der Waals surface area (Å²) in [4.78, 5) is 11.5. The van der Waals surface area contributed by atoms with Gasteiger partial charge in [0.1, 0.15) is 5.82 Å². The first kappa shape index (κ1) is 14.8. The van der Waals surface area contributed by atoms with Gasteiger partial charge < -0.3 is 15.7 Å². The molecule has 100 valence electrons. The molecular formula is C11H13BrF2N2O2. The lowest BCUT2D eigenvalue weighted by atomic mass is 10.2. The van der Waals surface area contributed by atoms with Gasteiger partial charge in [0.15, 0.2) is 5.82 Å². The Morgan fingerprint density at radius 1 is 1.50 bits per heavy atom. The molecule has 0 unspecified atom stereocenters. The lowest BCUT2D eigenvalue weighted by Gasteiger charge is -2.14. The highest BCUT2D eigenvalue weighted by molar-refractivity contribution is 9.10. The fourth-order valence-electron chi connectivity index (χ4n) is 1.29. The molecule has 0 saturated heterocycles. The summed E-state index contributed by atoms with van der Waals surface area (Å²) in [6.07, 6.45) is 0.378. The van der Waals surface area contributed by atoms with Gasteiger partial charge >= 0.3 is 6.03 Å². The Balaban J connectivity index is 2.70. The van der Waals surface area contributed by atoms with Crippen LogP contribution < -0.4 is 10.6 Å². The number of urea groups is 1. The van der Waals surface area contributed by atoms with Gasteiger partial charge in [-0.2, -0.15) is 0 Å². The van der Waals surface area contributed by atoms with Gasteiger partial charge in [0.05, 0.1) is 10.2 Å². The zero-order chi connectivity index (χ0) is 13.7. The van der Waals surface area contributed by atoms with E-state index >= 15 is 0 Å². The molecule has 18 heavy (non-hydrogen) atoms. The molecule has 0 fully saturated rings. The van der Waals surface area contributed by atoms with Crippen LogP contribution >= 0.6 is 15.9 Å². The molecule has 2 amide bonds. The van der Waals surface area contributed by atoms with E-state index in [9.17, 15) is 13.6 Å². The van der Waals surface area contributed by atoms with Crippen molar-refractivity contribution in [3.63, 3.8) is 0 Å². The van der Waals surface area contributed by atoms with E-state index in [4.69, 9.17) is 5.11 Å². The second-order valence-corrected chi connectivity index (χ2v) is 4.62. The topological polar surface area (TPSA) is 61.4 Å². The highest BCUT2D eigenvalue weighted by Crippen LogP contribution is 2.24. The summed E-state index contributed by atoms with van der Waals surface area (Å²) >= 11 is 2.84. The maximum atomic E-state index is 13.5. The van der Waals surface area contributed by atoms with Crippen LogP contribution in [0.25, 0.3) is 0 Å². The van der Waals surface area contributed by atoms with Gasteiger partial charge in [-0.15, -0.1) is 0 Å². The Morgan fingerprint density at radius 2 is 2.17 bits per heavy atom. The number of halogens is 3. The molecule has 1 rings (SSSR count). The van der Waals surface area contributed by atoms with Crippen LogP contribution in [0.2, 0.25) is 0 Å². The summed E-state index contributed by atoms with van der Waals surface area (Å²) in [5.74, 6) is -1.41. The molecule has 0 saturated carbocycles. The number of benzene rings is 1. The van der Waals surface area contributed by atoms with E-state index in [1.54, 1.807) is 6.92 Å². The number of carbonyl (C=O) groups excluding carboxylic acids is 1. The first-order chi connectivity index (χ1) is 8.43. The number of anilines is 1. The number of nitrogens with one attached hydrogen (secondary N) is 2. The number of amides is 2. The van der Waals surface area contributed by atoms with Crippen LogP contribution in [0, 0.1) is 11.6 Å². The van der Waals surface area contributed by atoms with Crippen molar-refractivity contribution in [3.8, 4) is 0 Å². The predicted octanol–water partition coefficient (Wildman–Crippen LogP) is 2.62. The molecule has 1 aromatic carbocycles. The van der Waals surface area contributed by atoms with E-state index in [-0.39, 0.29) is 22.8 Å². The van der Waals surface area contributed by atoms with Crippen molar-refractivity contribution in [2.75, 3.05) is 11.9 Å². The molecule has 0 aliphatic carbocycles. The Bertz CT molecular complexity index is 443. The minimum atomic E-state index is -0.749. The highest BCUT2D eigenvalue weighted by Gasteiger charge is 2.13. The lowest BCUT2D eigenvalue weighted by Crippen LogP contribution is -2.36. The molecule has 0 radical (unpaired) electrons. The van der Waals surface area contributed by atoms with Crippen molar-refractivity contribution in [2.45, 2.75) is 19.4 Å². The van der Waals surface area contributed by atoms with E-state index in [2.05, 4.69) is 26.6 Å². The lowest BCUT2D eigenvalue weighted by molar-refractivity contribution is 0.241. The van der Waals surface area contributed by atoms with Gasteiger partial charge in [-0.05, 0) is 35.3 Å². The predicted molar refractivity (Wildman–Crippen MR) is 67.4 cm³/mol. The second kappa shape index (κ2) is 6.65. The second-order valence-electron chi connectivity index (χ2n) is 3.76. The van der Waals surface area contributed by atoms with Crippen LogP contribution in [-0.4, -0.2) is 23.8 Å². The monoisotopic (exact) mass is 322 g/mol. The first-order valence-electron chi connectivity index (χ1n) is 5.27. The zero-order valence-electron chi connectivity index (χ0n) is 9.64. The van der Waals surface area contributed by atoms with Crippen LogP contribution in [-0.2, 0) is 0 Å². The summed E-state index contributed by atoms with van der Waals surface area (Å²) < 4.78 is 26.5. The molecule has 1 atom stereocenters. The normalized spacial score (nSPS) is 12.1. The highest BCUT2D eigenvalue weighted by atomic mass is 79.9. The van der Waals surface area contributed by atoms with E-state index in [1.807, 2.05) is 0 Å². The largest absolute Gasteiger partial charge is 0.396 e. The number of aliphatic hydroxyl groups excluding tert-OH is 1. The van der Waals surface area contributed by atoms with Crippen LogP contribution in [0.3, 0.4) is 0 Å². The summed E-state index contributed by atoms with van der Waals surface area (Å²) in [5, 5.41) is 13.4. The quantitative estimate of drug-likeness (QED) is 0.746. The van der Waals surface area contributed by atoms with E-state index in [0.29, 0.717) is 6.42 Å². The van der Waals surface area contributed by atoms with Crippen molar-refractivity contribution >= 4 is 27.6 Å². The van der Waals surface area contributed by atoms with Gasteiger partial charge in [-0.3, -0.25) is 0 Å². The average molecular weight is 323 g/mol. The number of rotatable bonds is 4. The van der Waals surface area contributed by atoms with E-state index < -0.39 is 17.7 Å². The molecule has 0 aromatic heterocycles. The molecule has 0 spiro atoms. The summed E-state index contributed by atoms with van der Waals surface area (Å²) in [6.45, 7) is 1.62. The standard InChI is InChI=1S/C11H13BrF2N2O2/c1-6(2-3-17)15-11(18)16-9-5-7(13)4-8(12)10(9)14/h4-6,17H,2-3H2,1H3,(H2,15,16,18)/t6-/m0/s1. The van der Waals surface area contributed by atoms with Crippen LogP contribution in [0.15, 0.2) is 16.6 Å². The van der Waals surface area contributed by atoms with Crippen molar-refractivity contribution in [2.24, 2.45) is 0 Å². The van der Waals surface area contributed by atoms with Crippen LogP contribution in [0.1, 0.15) is 13.3 Å².